The van der Waals surface area contributed by atoms with Crippen LogP contribution in [0, 0.1) is 5.92 Å². The fraction of sp³-hybridized carbons (Fsp3) is 0.458. The molecular formula is C24H28Cl2N2O2. The van der Waals surface area contributed by atoms with Gasteiger partial charge in [0.2, 0.25) is 0 Å². The van der Waals surface area contributed by atoms with Crippen molar-refractivity contribution in [2.45, 2.75) is 38.3 Å². The van der Waals surface area contributed by atoms with Gasteiger partial charge in [0, 0.05) is 35.7 Å². The first-order chi connectivity index (χ1) is 14.5. The number of nitrogens with zero attached hydrogens (tertiary/aromatic N) is 2. The molecule has 0 N–H and O–H groups in total. The van der Waals surface area contributed by atoms with E-state index < -0.39 is 0 Å². The van der Waals surface area contributed by atoms with Crippen LogP contribution in [-0.4, -0.2) is 48.5 Å². The third kappa shape index (κ3) is 5.29. The minimum atomic E-state index is 0.00208. The number of benzene rings is 2. The number of amides is 1. The van der Waals surface area contributed by atoms with Gasteiger partial charge in [-0.1, -0.05) is 35.3 Å². The highest BCUT2D eigenvalue weighted by Gasteiger charge is 2.32. The maximum atomic E-state index is 12.6. The van der Waals surface area contributed by atoms with Gasteiger partial charge in [-0.15, -0.1) is 0 Å². The van der Waals surface area contributed by atoms with Gasteiger partial charge in [0.25, 0.3) is 5.91 Å². The summed E-state index contributed by atoms with van der Waals surface area (Å²) in [5.41, 5.74) is 1.79. The third-order valence-corrected chi connectivity index (χ3v) is 6.65. The molecule has 0 unspecified atom stereocenters. The highest BCUT2D eigenvalue weighted by Crippen LogP contribution is 2.34. The Morgan fingerprint density at radius 2 is 1.90 bits per heavy atom. The van der Waals surface area contributed by atoms with Gasteiger partial charge in [0.15, 0.2) is 0 Å². The number of hydrogen-bond acceptors (Lipinski definition) is 3. The van der Waals surface area contributed by atoms with Crippen molar-refractivity contribution in [2.75, 3.05) is 26.7 Å². The summed E-state index contributed by atoms with van der Waals surface area (Å²) in [6.45, 7) is 3.96. The molecule has 4 rings (SSSR count). The summed E-state index contributed by atoms with van der Waals surface area (Å²) >= 11 is 12.5. The zero-order valence-corrected chi connectivity index (χ0v) is 18.8. The van der Waals surface area contributed by atoms with Crippen LogP contribution in [-0.2, 0) is 6.54 Å². The van der Waals surface area contributed by atoms with Crippen LogP contribution in [0.2, 0.25) is 10.0 Å². The lowest BCUT2D eigenvalue weighted by atomic mass is 9.82. The lowest BCUT2D eigenvalue weighted by Gasteiger charge is -2.37. The number of carbonyl (C=O) groups is 1. The van der Waals surface area contributed by atoms with Crippen LogP contribution in [0.25, 0.3) is 0 Å². The van der Waals surface area contributed by atoms with Crippen LogP contribution in [0.1, 0.15) is 41.6 Å². The van der Waals surface area contributed by atoms with Gasteiger partial charge in [-0.05, 0) is 80.6 Å². The topological polar surface area (TPSA) is 32.8 Å². The summed E-state index contributed by atoms with van der Waals surface area (Å²) in [6.07, 6.45) is 4.63. The molecule has 1 aliphatic heterocycles. The van der Waals surface area contributed by atoms with E-state index in [1.165, 1.54) is 18.4 Å². The minimum absolute atomic E-state index is 0.00208. The molecule has 0 aromatic heterocycles. The molecule has 2 aromatic rings. The normalized spacial score (nSPS) is 21.3. The van der Waals surface area contributed by atoms with E-state index in [4.69, 9.17) is 27.9 Å². The molecule has 160 valence electrons. The minimum Gasteiger partial charge on any atom is -0.490 e. The Balaban J connectivity index is 1.23. The lowest BCUT2D eigenvalue weighted by molar-refractivity contribution is 0.0419. The van der Waals surface area contributed by atoms with Crippen LogP contribution in [0.4, 0.5) is 0 Å². The van der Waals surface area contributed by atoms with E-state index in [2.05, 4.69) is 11.0 Å². The predicted molar refractivity (Wildman–Crippen MR) is 122 cm³/mol. The Morgan fingerprint density at radius 3 is 2.60 bits per heavy atom. The molecular weight excluding hydrogens is 419 g/mol. The predicted octanol–water partition coefficient (Wildman–Crippen LogP) is 5.52. The summed E-state index contributed by atoms with van der Waals surface area (Å²) in [4.78, 5) is 16.8. The molecule has 6 heteroatoms. The summed E-state index contributed by atoms with van der Waals surface area (Å²) in [5.74, 6) is 1.28. The van der Waals surface area contributed by atoms with Gasteiger partial charge in [0.05, 0.1) is 6.10 Å². The van der Waals surface area contributed by atoms with E-state index in [0.29, 0.717) is 16.5 Å². The highest BCUT2D eigenvalue weighted by molar-refractivity contribution is 6.31. The van der Waals surface area contributed by atoms with Gasteiger partial charge >= 0.3 is 0 Å². The van der Waals surface area contributed by atoms with Crippen molar-refractivity contribution < 1.29 is 9.53 Å². The van der Waals surface area contributed by atoms with E-state index >= 15 is 0 Å². The first-order valence-corrected chi connectivity index (χ1v) is 11.4. The SMILES string of the molecule is CN(CC1CC(Oc2ccc(CN3CCCC3)c(Cl)c2)C1)C(=O)c1cccc(Cl)c1. The molecule has 0 atom stereocenters. The first kappa shape index (κ1) is 21.5. The molecule has 0 spiro atoms. The average Bonchev–Trinajstić information content (AvgIpc) is 3.21. The molecule has 1 saturated heterocycles. The molecule has 1 aliphatic carbocycles. The van der Waals surface area contributed by atoms with Gasteiger partial charge in [-0.3, -0.25) is 9.69 Å². The van der Waals surface area contributed by atoms with Crippen molar-refractivity contribution in [3.05, 3.63) is 63.6 Å². The van der Waals surface area contributed by atoms with E-state index in [1.807, 2.05) is 19.2 Å². The van der Waals surface area contributed by atoms with Crippen LogP contribution >= 0.6 is 23.2 Å². The summed E-state index contributed by atoms with van der Waals surface area (Å²) < 4.78 is 6.11. The number of ether oxygens (including phenoxy) is 1. The summed E-state index contributed by atoms with van der Waals surface area (Å²) in [5, 5.41) is 1.36. The van der Waals surface area contributed by atoms with Gasteiger partial charge < -0.3 is 9.64 Å². The Hall–Kier alpha value is -1.75. The van der Waals surface area contributed by atoms with Crippen LogP contribution in [0.5, 0.6) is 5.75 Å². The number of likely N-dealkylation sites (tertiary alicyclic amines) is 1. The Labute approximate surface area is 188 Å². The Morgan fingerprint density at radius 1 is 1.13 bits per heavy atom. The van der Waals surface area contributed by atoms with E-state index in [1.54, 1.807) is 29.2 Å². The monoisotopic (exact) mass is 446 g/mol. The van der Waals surface area contributed by atoms with E-state index in [9.17, 15) is 4.79 Å². The zero-order valence-electron chi connectivity index (χ0n) is 17.3. The molecule has 1 saturated carbocycles. The highest BCUT2D eigenvalue weighted by atomic mass is 35.5. The maximum Gasteiger partial charge on any atom is 0.253 e. The zero-order chi connectivity index (χ0) is 21.1. The molecule has 0 radical (unpaired) electrons. The van der Waals surface area contributed by atoms with Crippen LogP contribution in [0.3, 0.4) is 0 Å². The van der Waals surface area contributed by atoms with Crippen molar-refractivity contribution >= 4 is 29.1 Å². The molecule has 30 heavy (non-hydrogen) atoms. The van der Waals surface area contributed by atoms with E-state index in [-0.39, 0.29) is 12.0 Å². The van der Waals surface area contributed by atoms with Gasteiger partial charge in [0.1, 0.15) is 5.75 Å². The van der Waals surface area contributed by atoms with Crippen molar-refractivity contribution in [2.24, 2.45) is 5.92 Å². The van der Waals surface area contributed by atoms with Crippen molar-refractivity contribution in [3.8, 4) is 5.75 Å². The number of hydrogen-bond donors (Lipinski definition) is 0. The largest absolute Gasteiger partial charge is 0.490 e. The van der Waals surface area contributed by atoms with Crippen LogP contribution < -0.4 is 4.74 Å². The molecule has 2 aromatic carbocycles. The van der Waals surface area contributed by atoms with E-state index in [0.717, 1.165) is 49.8 Å². The van der Waals surface area contributed by atoms with Crippen molar-refractivity contribution in [1.29, 1.82) is 0 Å². The fourth-order valence-corrected chi connectivity index (χ4v) is 4.76. The fourth-order valence-electron chi connectivity index (χ4n) is 4.34. The number of halogens is 2. The quantitative estimate of drug-likeness (QED) is 0.561. The maximum absolute atomic E-state index is 12.6. The number of rotatable bonds is 7. The second-order valence-electron chi connectivity index (χ2n) is 8.51. The average molecular weight is 447 g/mol. The second-order valence-corrected chi connectivity index (χ2v) is 9.35. The lowest BCUT2D eigenvalue weighted by Crippen LogP contribution is -2.41. The molecule has 2 aliphatic rings. The molecule has 2 fully saturated rings. The van der Waals surface area contributed by atoms with Gasteiger partial charge in [-0.2, -0.15) is 0 Å². The Bertz CT molecular complexity index is 893. The summed E-state index contributed by atoms with van der Waals surface area (Å²) in [7, 11) is 1.84. The molecule has 0 bridgehead atoms. The van der Waals surface area contributed by atoms with Gasteiger partial charge in [-0.25, -0.2) is 0 Å². The first-order valence-electron chi connectivity index (χ1n) is 10.7. The van der Waals surface area contributed by atoms with Crippen molar-refractivity contribution in [1.82, 2.24) is 9.80 Å². The van der Waals surface area contributed by atoms with Crippen molar-refractivity contribution in [3.63, 3.8) is 0 Å². The molecule has 4 nitrogen and oxygen atoms in total. The molecule has 1 amide bonds. The molecule has 1 heterocycles. The smallest absolute Gasteiger partial charge is 0.253 e. The Kier molecular flexibility index (Phi) is 6.87. The summed E-state index contributed by atoms with van der Waals surface area (Å²) in [6, 6.07) is 13.1. The van der Waals surface area contributed by atoms with Crippen LogP contribution in [0.15, 0.2) is 42.5 Å². The number of carbonyl (C=O) groups excluding carboxylic acids is 1. The third-order valence-electron chi connectivity index (χ3n) is 6.06. The second kappa shape index (κ2) is 9.59. The standard InChI is InChI=1S/C24H28Cl2N2O2/c1-27(24(29)18-5-4-6-20(25)13-18)15-17-11-22(12-17)30-21-8-7-19(23(26)14-21)16-28-9-2-3-10-28/h4-8,13-14,17,22H,2-3,9-12,15-16H2,1H3.